The van der Waals surface area contributed by atoms with Crippen LogP contribution in [-0.2, 0) is 9.59 Å². The van der Waals surface area contributed by atoms with Crippen LogP contribution in [0.15, 0.2) is 74.5 Å². The SMILES string of the molecule is C=CO.C=Cc1c(OC)c2ccc3nc4c5ccccc5c(OC)c5ccc6nc(c1C=C)c2c3c6c54.C=O.CC=O. The second-order valence-corrected chi connectivity index (χ2v) is 8.95. The summed E-state index contributed by atoms with van der Waals surface area (Å²) in [6.45, 7) is 14.5. The van der Waals surface area contributed by atoms with Gasteiger partial charge in [0.05, 0.1) is 42.5 Å². The van der Waals surface area contributed by atoms with E-state index in [0.29, 0.717) is 0 Å². The van der Waals surface area contributed by atoms with Gasteiger partial charge in [-0.25, -0.2) is 9.97 Å². The van der Waals surface area contributed by atoms with E-state index in [-0.39, 0.29) is 0 Å². The topological polar surface area (TPSA) is 98.6 Å². The number of aliphatic hydroxyl groups is 1. The molecule has 0 fully saturated rings. The number of rotatable bonds is 4. The molecule has 0 amide bonds. The van der Waals surface area contributed by atoms with Crippen LogP contribution >= 0.6 is 0 Å². The van der Waals surface area contributed by atoms with E-state index in [1.807, 2.05) is 31.1 Å². The number of carbonyl (C=O) groups is 2. The summed E-state index contributed by atoms with van der Waals surface area (Å²) < 4.78 is 11.8. The minimum Gasteiger partial charge on any atom is -0.516 e. The Morgan fingerprint density at radius 2 is 1.12 bits per heavy atom. The van der Waals surface area contributed by atoms with Gasteiger partial charge in [0.2, 0.25) is 0 Å². The zero-order valence-electron chi connectivity index (χ0n) is 23.7. The van der Waals surface area contributed by atoms with Crippen LogP contribution < -0.4 is 9.47 Å². The Balaban J connectivity index is 0.000000461. The molecule has 7 aromatic rings. The molecule has 210 valence electrons. The second kappa shape index (κ2) is 12.3. The number of ether oxygens (including phenoxy) is 2. The molecule has 0 spiro atoms. The quantitative estimate of drug-likeness (QED) is 0.100. The van der Waals surface area contributed by atoms with E-state index >= 15 is 0 Å². The number of fused-ring (bicyclic) bond motifs is 2. The minimum absolute atomic E-state index is 0.750. The third-order valence-corrected chi connectivity index (χ3v) is 7.08. The lowest BCUT2D eigenvalue weighted by atomic mass is 9.88. The average molecular weight is 559 g/mol. The Bertz CT molecular complexity index is 2090. The maximum absolute atomic E-state index is 8.81. The number of pyridine rings is 2. The second-order valence-electron chi connectivity index (χ2n) is 8.95. The highest BCUT2D eigenvalue weighted by Gasteiger charge is 2.25. The van der Waals surface area contributed by atoms with Crippen molar-refractivity contribution in [2.24, 2.45) is 0 Å². The molecule has 42 heavy (non-hydrogen) atoms. The maximum Gasteiger partial charge on any atom is 0.134 e. The molecule has 0 aliphatic heterocycles. The van der Waals surface area contributed by atoms with Crippen LogP contribution in [-0.4, -0.2) is 42.4 Å². The Kier molecular flexibility index (Phi) is 8.62. The molecule has 2 heterocycles. The summed E-state index contributed by atoms with van der Waals surface area (Å²) in [5, 5.41) is 15.8. The van der Waals surface area contributed by atoms with Crippen LogP contribution in [0.1, 0.15) is 18.1 Å². The van der Waals surface area contributed by atoms with E-state index in [4.69, 9.17) is 34.1 Å². The largest absolute Gasteiger partial charge is 0.516 e. The van der Waals surface area contributed by atoms with Crippen molar-refractivity contribution >= 4 is 90.4 Å². The van der Waals surface area contributed by atoms with Gasteiger partial charge in [0.1, 0.15) is 24.6 Å². The molecule has 0 aliphatic rings. The lowest BCUT2D eigenvalue weighted by Crippen LogP contribution is -2.00. The third-order valence-electron chi connectivity index (χ3n) is 7.08. The standard InChI is InChI=1S/C30H20N2O2.2C2H4O.CH2O/c1-5-15-16(6-2)29(33-3)19-11-13-22-25-23(19)27(15)31-21-14-12-20-24(26(21)25)28(32-22)17-9-7-8-10-18(17)30(20)34-4;2*1-2-3;1-2/h5-14H,1-2H2,3-4H3;2H,1H3;2-3H,1H2;1H2. The molecule has 0 atom stereocenters. The van der Waals surface area contributed by atoms with Gasteiger partial charge in [-0.05, 0) is 31.2 Å². The molecule has 5 aromatic carbocycles. The Morgan fingerprint density at radius 3 is 1.62 bits per heavy atom. The highest BCUT2D eigenvalue weighted by Crippen LogP contribution is 2.49. The minimum atomic E-state index is 0.750. The molecule has 0 bridgehead atoms. The fourth-order valence-corrected chi connectivity index (χ4v) is 5.77. The maximum atomic E-state index is 8.81. The number of aldehydes is 1. The van der Waals surface area contributed by atoms with Crippen molar-refractivity contribution in [3.63, 3.8) is 0 Å². The lowest BCUT2D eigenvalue weighted by molar-refractivity contribution is -0.106. The van der Waals surface area contributed by atoms with Gasteiger partial charge in [-0.15, -0.1) is 0 Å². The van der Waals surface area contributed by atoms with Crippen LogP contribution in [0.5, 0.6) is 11.5 Å². The monoisotopic (exact) mass is 558 g/mol. The van der Waals surface area contributed by atoms with E-state index < -0.39 is 0 Å². The van der Waals surface area contributed by atoms with Gasteiger partial charge >= 0.3 is 0 Å². The van der Waals surface area contributed by atoms with E-state index in [9.17, 15) is 0 Å². The van der Waals surface area contributed by atoms with Crippen molar-refractivity contribution in [3.05, 3.63) is 85.7 Å². The lowest BCUT2D eigenvalue weighted by Gasteiger charge is -2.21. The molecule has 0 unspecified atom stereocenters. The molecule has 0 aliphatic carbocycles. The van der Waals surface area contributed by atoms with Gasteiger partial charge in [0.25, 0.3) is 0 Å². The highest BCUT2D eigenvalue weighted by molar-refractivity contribution is 6.38. The van der Waals surface area contributed by atoms with Gasteiger partial charge < -0.3 is 24.2 Å². The Hall–Kier alpha value is -5.56. The van der Waals surface area contributed by atoms with Crippen LogP contribution in [0, 0.1) is 0 Å². The van der Waals surface area contributed by atoms with Crippen LogP contribution in [0.3, 0.4) is 0 Å². The molecule has 0 saturated carbocycles. The fraction of sp³-hybridized carbons (Fsp3) is 0.0857. The van der Waals surface area contributed by atoms with Crippen LogP contribution in [0.4, 0.5) is 0 Å². The van der Waals surface area contributed by atoms with Gasteiger partial charge in [-0.3, -0.25) is 0 Å². The summed E-state index contributed by atoms with van der Waals surface area (Å²) in [5.41, 5.74) is 5.52. The number of hydrogen-bond acceptors (Lipinski definition) is 7. The number of aliphatic hydroxyl groups excluding tert-OH is 1. The van der Waals surface area contributed by atoms with E-state index in [2.05, 4.69) is 56.1 Å². The number of aromatic nitrogens is 2. The van der Waals surface area contributed by atoms with Crippen LogP contribution in [0.2, 0.25) is 0 Å². The average Bonchev–Trinajstić information content (AvgIpc) is 3.03. The molecular weight excluding hydrogens is 528 g/mol. The highest BCUT2D eigenvalue weighted by atomic mass is 16.5. The summed E-state index contributed by atoms with van der Waals surface area (Å²) in [6, 6.07) is 16.6. The van der Waals surface area contributed by atoms with Crippen molar-refractivity contribution in [1.82, 2.24) is 9.97 Å². The fourth-order valence-electron chi connectivity index (χ4n) is 5.77. The number of methoxy groups -OCH3 is 2. The van der Waals surface area contributed by atoms with E-state index in [0.717, 1.165) is 100 Å². The molecule has 7 heteroatoms. The molecule has 1 N–H and O–H groups in total. The smallest absolute Gasteiger partial charge is 0.134 e. The summed E-state index contributed by atoms with van der Waals surface area (Å²) >= 11 is 0. The first-order valence-electron chi connectivity index (χ1n) is 12.9. The van der Waals surface area contributed by atoms with Crippen molar-refractivity contribution in [3.8, 4) is 11.5 Å². The van der Waals surface area contributed by atoms with Gasteiger partial charge in [-0.2, -0.15) is 0 Å². The number of hydrogen-bond donors (Lipinski definition) is 1. The van der Waals surface area contributed by atoms with Crippen LogP contribution in [0.25, 0.3) is 77.3 Å². The first-order chi connectivity index (χ1) is 20.5. The molecule has 0 saturated heterocycles. The van der Waals surface area contributed by atoms with Crippen molar-refractivity contribution in [2.75, 3.05) is 14.2 Å². The summed E-state index contributed by atoms with van der Waals surface area (Å²) in [6.07, 6.45) is 5.15. The predicted octanol–water partition coefficient (Wildman–Crippen LogP) is 8.28. The van der Waals surface area contributed by atoms with E-state index in [1.54, 1.807) is 14.2 Å². The molecule has 7 nitrogen and oxygen atoms in total. The van der Waals surface area contributed by atoms with Gasteiger partial charge in [0, 0.05) is 54.2 Å². The van der Waals surface area contributed by atoms with Crippen molar-refractivity contribution in [2.45, 2.75) is 6.92 Å². The Morgan fingerprint density at radius 1 is 0.667 bits per heavy atom. The number of benzene rings is 5. The third kappa shape index (κ3) is 4.23. The normalized spacial score (nSPS) is 10.5. The number of carbonyl (C=O) groups excluding carboxylic acids is 2. The predicted molar refractivity (Wildman–Crippen MR) is 174 cm³/mol. The summed E-state index contributed by atoms with van der Waals surface area (Å²) in [7, 11) is 3.42. The first-order valence-corrected chi connectivity index (χ1v) is 12.9. The summed E-state index contributed by atoms with van der Waals surface area (Å²) in [4.78, 5) is 27.2. The molecule has 2 aromatic heterocycles. The van der Waals surface area contributed by atoms with Gasteiger partial charge in [-0.1, -0.05) is 56.2 Å². The number of nitrogens with zero attached hydrogens (tertiary/aromatic N) is 2. The zero-order chi connectivity index (χ0) is 30.6. The Labute approximate surface area is 242 Å². The van der Waals surface area contributed by atoms with Gasteiger partial charge in [0.15, 0.2) is 0 Å². The molecule has 7 rings (SSSR count). The van der Waals surface area contributed by atoms with Crippen molar-refractivity contribution < 1.29 is 24.2 Å². The molecule has 0 radical (unpaired) electrons. The zero-order valence-corrected chi connectivity index (χ0v) is 23.7. The van der Waals surface area contributed by atoms with E-state index in [1.165, 1.54) is 6.92 Å². The first kappa shape index (κ1) is 29.4. The van der Waals surface area contributed by atoms with Crippen molar-refractivity contribution in [1.29, 1.82) is 0 Å². The molecular formula is C35H30N2O5. The summed E-state index contributed by atoms with van der Waals surface area (Å²) in [5.74, 6) is 1.64.